The van der Waals surface area contributed by atoms with Crippen molar-refractivity contribution in [3.05, 3.63) is 0 Å². The van der Waals surface area contributed by atoms with E-state index < -0.39 is 30.1 Å². The van der Waals surface area contributed by atoms with Crippen LogP contribution in [-0.2, 0) is 19.1 Å². The number of hydrogen-bond donors (Lipinski definition) is 5. The number of carboxylic acid groups (broad SMARTS) is 1. The topological polar surface area (TPSA) is 172 Å². The third kappa shape index (κ3) is 7.68. The highest BCUT2D eigenvalue weighted by Crippen LogP contribution is 2.22. The number of guanidine groups is 1. The molecule has 7 N–H and O–H groups in total. The van der Waals surface area contributed by atoms with Crippen molar-refractivity contribution in [2.24, 2.45) is 22.4 Å². The predicted molar refractivity (Wildman–Crippen MR) is 95.2 cm³/mol. The van der Waals surface area contributed by atoms with Crippen LogP contribution in [0.4, 0.5) is 0 Å². The molecule has 1 aliphatic heterocycles. The van der Waals surface area contributed by atoms with E-state index in [-0.39, 0.29) is 17.8 Å². The molecule has 4 atom stereocenters. The fourth-order valence-electron chi connectivity index (χ4n) is 2.33. The second-order valence-electron chi connectivity index (χ2n) is 6.43. The smallest absolute Gasteiger partial charge is 0.336 e. The number of unbranched alkanes of at least 4 members (excludes halogenated alkanes) is 1. The second kappa shape index (κ2) is 10.6. The second-order valence-corrected chi connectivity index (χ2v) is 6.43. The summed E-state index contributed by atoms with van der Waals surface area (Å²) in [6.07, 6.45) is 0.579. The van der Waals surface area contributed by atoms with Gasteiger partial charge in [-0.15, -0.1) is 0 Å². The quantitative estimate of drug-likeness (QED) is 0.126. The van der Waals surface area contributed by atoms with Gasteiger partial charge in [-0.1, -0.05) is 20.3 Å². The molecule has 2 unspecified atom stereocenters. The number of hydrogen-bond acceptors (Lipinski definition) is 5. The van der Waals surface area contributed by atoms with Gasteiger partial charge in [-0.3, -0.25) is 14.6 Å². The summed E-state index contributed by atoms with van der Waals surface area (Å²) in [4.78, 5) is 39.1. The zero-order valence-corrected chi connectivity index (χ0v) is 15.2. The van der Waals surface area contributed by atoms with E-state index >= 15 is 0 Å². The summed E-state index contributed by atoms with van der Waals surface area (Å²) in [6, 6.07) is -0.728. The maximum Gasteiger partial charge on any atom is 0.336 e. The molecule has 0 radical (unpaired) electrons. The zero-order chi connectivity index (χ0) is 19.7. The van der Waals surface area contributed by atoms with Crippen LogP contribution in [0.15, 0.2) is 4.99 Å². The number of nitrogens with one attached hydrogen (secondary N) is 2. The van der Waals surface area contributed by atoms with Gasteiger partial charge < -0.3 is 31.9 Å². The van der Waals surface area contributed by atoms with Crippen LogP contribution in [0, 0.1) is 5.92 Å². The molecule has 1 rings (SSSR count). The van der Waals surface area contributed by atoms with Gasteiger partial charge in [0.15, 0.2) is 18.2 Å². The highest BCUT2D eigenvalue weighted by molar-refractivity contribution is 5.95. The number of aliphatic imine (C=N–C) groups is 1. The first-order chi connectivity index (χ1) is 12.3. The fraction of sp³-hybridized carbons (Fsp3) is 0.750. The summed E-state index contributed by atoms with van der Waals surface area (Å²) in [5.41, 5.74) is 10.5. The first kappa shape index (κ1) is 21.7. The Balaban J connectivity index is 2.46. The summed E-state index contributed by atoms with van der Waals surface area (Å²) in [5, 5.41) is 14.2. The Hall–Kier alpha value is -2.36. The Morgan fingerprint density at radius 2 is 1.92 bits per heavy atom. The molecular formula is C16H29N5O5. The van der Waals surface area contributed by atoms with Crippen molar-refractivity contribution in [2.45, 2.75) is 57.8 Å². The highest BCUT2D eigenvalue weighted by Gasteiger charge is 2.51. The Morgan fingerprint density at radius 3 is 2.46 bits per heavy atom. The number of rotatable bonds is 12. The zero-order valence-electron chi connectivity index (χ0n) is 15.2. The van der Waals surface area contributed by atoms with Crippen LogP contribution >= 0.6 is 0 Å². The van der Waals surface area contributed by atoms with Gasteiger partial charge in [0.05, 0.1) is 0 Å². The van der Waals surface area contributed by atoms with Crippen LogP contribution in [0.3, 0.4) is 0 Å². The van der Waals surface area contributed by atoms with Gasteiger partial charge in [0, 0.05) is 13.1 Å². The van der Waals surface area contributed by atoms with Gasteiger partial charge in [0.2, 0.25) is 5.91 Å². The van der Waals surface area contributed by atoms with Crippen LogP contribution in [0.5, 0.6) is 0 Å². The molecule has 1 aliphatic rings. The van der Waals surface area contributed by atoms with Gasteiger partial charge in [-0.05, 0) is 25.2 Å². The summed E-state index contributed by atoms with van der Waals surface area (Å²) in [7, 11) is 0. The minimum atomic E-state index is -1.19. The molecule has 1 saturated heterocycles. The lowest BCUT2D eigenvalue weighted by atomic mass is 9.98. The lowest BCUT2D eigenvalue weighted by molar-refractivity contribution is -0.138. The fourth-order valence-corrected chi connectivity index (χ4v) is 2.33. The third-order valence-corrected chi connectivity index (χ3v) is 4.14. The Labute approximate surface area is 152 Å². The number of ether oxygens (including phenoxy) is 1. The number of epoxide rings is 1. The van der Waals surface area contributed by atoms with Crippen LogP contribution in [0.1, 0.15) is 39.5 Å². The molecular weight excluding hydrogens is 342 g/mol. The van der Waals surface area contributed by atoms with E-state index in [1.54, 1.807) is 0 Å². The normalized spacial score (nSPS) is 20.5. The van der Waals surface area contributed by atoms with Crippen molar-refractivity contribution in [3.8, 4) is 0 Å². The molecule has 1 heterocycles. The van der Waals surface area contributed by atoms with Crippen LogP contribution in [-0.4, -0.2) is 60.2 Å². The summed E-state index contributed by atoms with van der Waals surface area (Å²) < 4.78 is 4.82. The maximum absolute atomic E-state index is 12.4. The van der Waals surface area contributed by atoms with Gasteiger partial charge in [0.25, 0.3) is 5.91 Å². The van der Waals surface area contributed by atoms with E-state index in [1.165, 1.54) is 0 Å². The van der Waals surface area contributed by atoms with Crippen molar-refractivity contribution in [2.75, 3.05) is 13.1 Å². The van der Waals surface area contributed by atoms with Crippen molar-refractivity contribution < 1.29 is 24.2 Å². The molecule has 0 bridgehead atoms. The molecule has 0 aromatic heterocycles. The number of nitrogens with zero attached hydrogens (tertiary/aromatic N) is 1. The Kier molecular flexibility index (Phi) is 8.83. The molecule has 0 aliphatic carbocycles. The highest BCUT2D eigenvalue weighted by atomic mass is 16.6. The molecule has 10 nitrogen and oxygen atoms in total. The predicted octanol–water partition coefficient (Wildman–Crippen LogP) is -1.07. The van der Waals surface area contributed by atoms with Crippen LogP contribution in [0.2, 0.25) is 0 Å². The Morgan fingerprint density at radius 1 is 1.23 bits per heavy atom. The van der Waals surface area contributed by atoms with Crippen molar-refractivity contribution in [3.63, 3.8) is 0 Å². The van der Waals surface area contributed by atoms with Crippen molar-refractivity contribution >= 4 is 23.7 Å². The lowest BCUT2D eigenvalue weighted by Crippen LogP contribution is -2.49. The molecule has 2 amide bonds. The number of carboxylic acids is 1. The first-order valence-corrected chi connectivity index (χ1v) is 8.78. The summed E-state index contributed by atoms with van der Waals surface area (Å²) in [5.74, 6) is -1.80. The molecule has 148 valence electrons. The number of carbonyl (C=O) groups excluding carboxylic acids is 2. The largest absolute Gasteiger partial charge is 0.479 e. The maximum atomic E-state index is 12.4. The average molecular weight is 371 g/mol. The van der Waals surface area contributed by atoms with E-state index in [0.29, 0.717) is 25.9 Å². The number of carbonyl (C=O) groups is 3. The summed E-state index contributed by atoms with van der Waals surface area (Å²) in [6.45, 7) is 4.90. The number of aliphatic carboxylic acids is 1. The van der Waals surface area contributed by atoms with Crippen LogP contribution < -0.4 is 22.1 Å². The summed E-state index contributed by atoms with van der Waals surface area (Å²) >= 11 is 0. The van der Waals surface area contributed by atoms with Gasteiger partial charge in [-0.25, -0.2) is 4.79 Å². The van der Waals surface area contributed by atoms with E-state index in [0.717, 1.165) is 12.8 Å². The van der Waals surface area contributed by atoms with Gasteiger partial charge in [-0.2, -0.15) is 0 Å². The van der Waals surface area contributed by atoms with Crippen LogP contribution in [0.25, 0.3) is 0 Å². The molecule has 0 aromatic carbocycles. The van der Waals surface area contributed by atoms with Crippen molar-refractivity contribution in [1.82, 2.24) is 10.6 Å². The molecule has 0 saturated carbocycles. The molecule has 26 heavy (non-hydrogen) atoms. The first-order valence-electron chi connectivity index (χ1n) is 8.78. The standard InChI is InChI=1S/C16H29N5O5/c1-3-9(2)8-10(21-14(23)11-12(26-11)15(24)25)13(22)19-6-4-5-7-20-16(17)18/h9-12H,3-8H2,1-2H3,(H,19,22)(H,21,23)(H,24,25)(H4,17,18,20)/t9-,10?,11-,12?/m0/s1. The third-order valence-electron chi connectivity index (χ3n) is 4.14. The monoisotopic (exact) mass is 371 g/mol. The number of amides is 2. The van der Waals surface area contributed by atoms with Gasteiger partial charge >= 0.3 is 5.97 Å². The SMILES string of the molecule is CC[C@H](C)CC(NC(=O)[C@H]1OC1C(=O)O)C(=O)NCCCCN=C(N)N. The van der Waals surface area contributed by atoms with E-state index in [4.69, 9.17) is 21.3 Å². The molecule has 0 aromatic rings. The van der Waals surface area contributed by atoms with E-state index in [2.05, 4.69) is 15.6 Å². The minimum Gasteiger partial charge on any atom is -0.479 e. The molecule has 10 heteroatoms. The number of nitrogens with two attached hydrogens (primary N) is 2. The molecule has 0 spiro atoms. The lowest BCUT2D eigenvalue weighted by Gasteiger charge is -2.21. The van der Waals surface area contributed by atoms with Crippen molar-refractivity contribution in [1.29, 1.82) is 0 Å². The average Bonchev–Trinajstić information content (AvgIpc) is 3.37. The molecule has 1 fully saturated rings. The van der Waals surface area contributed by atoms with E-state index in [1.807, 2.05) is 13.8 Å². The minimum absolute atomic E-state index is 0.0346. The van der Waals surface area contributed by atoms with E-state index in [9.17, 15) is 14.4 Å². The van der Waals surface area contributed by atoms with Gasteiger partial charge in [0.1, 0.15) is 6.04 Å². The Bertz CT molecular complexity index is 535.